The Bertz CT molecular complexity index is 939. The van der Waals surface area contributed by atoms with Crippen LogP contribution in [0.2, 0.25) is 0 Å². The summed E-state index contributed by atoms with van der Waals surface area (Å²) in [4.78, 5) is 28.9. The first kappa shape index (κ1) is 19.3. The van der Waals surface area contributed by atoms with E-state index < -0.39 is 0 Å². The van der Waals surface area contributed by atoms with Crippen molar-refractivity contribution in [3.05, 3.63) is 41.7 Å². The van der Waals surface area contributed by atoms with Gasteiger partial charge >= 0.3 is 0 Å². The van der Waals surface area contributed by atoms with Gasteiger partial charge in [-0.1, -0.05) is 17.2 Å². The summed E-state index contributed by atoms with van der Waals surface area (Å²) in [7, 11) is 0. The predicted octanol–water partition coefficient (Wildman–Crippen LogP) is 2.09. The van der Waals surface area contributed by atoms with Gasteiger partial charge in [0.1, 0.15) is 6.33 Å². The minimum atomic E-state index is -0.370. The van der Waals surface area contributed by atoms with Crippen LogP contribution in [0.1, 0.15) is 30.4 Å². The monoisotopic (exact) mass is 395 g/mol. The third-order valence-electron chi connectivity index (χ3n) is 5.49. The van der Waals surface area contributed by atoms with E-state index in [-0.39, 0.29) is 17.2 Å². The van der Waals surface area contributed by atoms with E-state index in [1.165, 1.54) is 22.0 Å². The third kappa shape index (κ3) is 4.37. The van der Waals surface area contributed by atoms with Crippen LogP contribution in [-0.4, -0.2) is 51.3 Å². The fourth-order valence-corrected chi connectivity index (χ4v) is 4.03. The third-order valence-corrected chi connectivity index (χ3v) is 5.49. The highest BCUT2D eigenvalue weighted by Crippen LogP contribution is 2.39. The molecule has 2 aliphatic rings. The van der Waals surface area contributed by atoms with Gasteiger partial charge in [-0.2, -0.15) is 0 Å². The SMILES string of the molecule is Cc1cc(C)cc(-c2ncn(/C=C\C(=O)NN3CC4(CCOCC4)CC3=O)n2)c1. The van der Waals surface area contributed by atoms with Crippen molar-refractivity contribution in [2.75, 3.05) is 19.8 Å². The molecule has 2 amide bonds. The van der Waals surface area contributed by atoms with Crippen molar-refractivity contribution in [1.29, 1.82) is 0 Å². The van der Waals surface area contributed by atoms with Crippen molar-refractivity contribution in [3.63, 3.8) is 0 Å². The molecule has 29 heavy (non-hydrogen) atoms. The molecule has 0 saturated carbocycles. The van der Waals surface area contributed by atoms with Gasteiger partial charge in [-0.3, -0.25) is 20.0 Å². The number of amides is 2. The molecule has 0 aliphatic carbocycles. The summed E-state index contributed by atoms with van der Waals surface area (Å²) in [6.07, 6.45) is 6.58. The van der Waals surface area contributed by atoms with Crippen LogP contribution in [0.25, 0.3) is 17.6 Å². The molecule has 3 heterocycles. The Balaban J connectivity index is 1.38. The summed E-state index contributed by atoms with van der Waals surface area (Å²) in [6, 6.07) is 6.14. The standard InChI is InChI=1S/C21H25N5O3/c1-15-9-16(2)11-17(10-15)20-22-14-25(24-20)6-3-18(27)23-26-13-21(12-19(26)28)4-7-29-8-5-21/h3,6,9-11,14H,4-5,7-8,12-13H2,1-2H3,(H,23,27)/b6-3-. The van der Waals surface area contributed by atoms with E-state index in [0.29, 0.717) is 32.0 Å². The Labute approximate surface area is 169 Å². The molecule has 8 heteroatoms. The molecule has 0 unspecified atom stereocenters. The fourth-order valence-electron chi connectivity index (χ4n) is 4.03. The Hall–Kier alpha value is -3.00. The molecule has 1 aromatic carbocycles. The molecule has 4 rings (SSSR count). The molecule has 0 bridgehead atoms. The molecule has 2 saturated heterocycles. The van der Waals surface area contributed by atoms with Gasteiger partial charge < -0.3 is 4.74 Å². The number of hydrogen-bond acceptors (Lipinski definition) is 5. The molecule has 152 valence electrons. The van der Waals surface area contributed by atoms with Crippen molar-refractivity contribution in [2.45, 2.75) is 33.1 Å². The van der Waals surface area contributed by atoms with Crippen molar-refractivity contribution in [1.82, 2.24) is 25.2 Å². The van der Waals surface area contributed by atoms with Crippen LogP contribution in [0.4, 0.5) is 0 Å². The highest BCUT2D eigenvalue weighted by molar-refractivity contribution is 5.92. The Morgan fingerprint density at radius 1 is 1.21 bits per heavy atom. The zero-order valence-electron chi connectivity index (χ0n) is 16.7. The second-order valence-corrected chi connectivity index (χ2v) is 7.99. The summed E-state index contributed by atoms with van der Waals surface area (Å²) < 4.78 is 6.88. The van der Waals surface area contributed by atoms with E-state index in [4.69, 9.17) is 4.74 Å². The van der Waals surface area contributed by atoms with Crippen molar-refractivity contribution in [2.24, 2.45) is 5.41 Å². The van der Waals surface area contributed by atoms with Crippen LogP contribution >= 0.6 is 0 Å². The quantitative estimate of drug-likeness (QED) is 0.801. The average Bonchev–Trinajstić information content (AvgIpc) is 3.25. The smallest absolute Gasteiger partial charge is 0.264 e. The maximum atomic E-state index is 12.3. The number of ether oxygens (including phenoxy) is 1. The van der Waals surface area contributed by atoms with E-state index in [9.17, 15) is 9.59 Å². The summed E-state index contributed by atoms with van der Waals surface area (Å²) >= 11 is 0. The molecular formula is C21H25N5O3. The molecule has 0 radical (unpaired) electrons. The van der Waals surface area contributed by atoms with Crippen LogP contribution in [0.15, 0.2) is 30.6 Å². The largest absolute Gasteiger partial charge is 0.381 e. The number of rotatable bonds is 4. The summed E-state index contributed by atoms with van der Waals surface area (Å²) in [6.45, 7) is 5.94. The first-order valence-electron chi connectivity index (χ1n) is 9.79. The van der Waals surface area contributed by atoms with Gasteiger partial charge in [-0.25, -0.2) is 9.67 Å². The highest BCUT2D eigenvalue weighted by Gasteiger charge is 2.44. The van der Waals surface area contributed by atoms with Gasteiger partial charge in [0.2, 0.25) is 5.91 Å². The maximum Gasteiger partial charge on any atom is 0.264 e. The van der Waals surface area contributed by atoms with Crippen molar-refractivity contribution in [3.8, 4) is 11.4 Å². The predicted molar refractivity (Wildman–Crippen MR) is 107 cm³/mol. The van der Waals surface area contributed by atoms with Crippen LogP contribution in [-0.2, 0) is 14.3 Å². The first-order chi connectivity index (χ1) is 13.9. The number of aromatic nitrogens is 3. The lowest BCUT2D eigenvalue weighted by atomic mass is 9.79. The molecule has 2 aliphatic heterocycles. The lowest BCUT2D eigenvalue weighted by Gasteiger charge is -2.32. The molecule has 2 aromatic rings. The maximum absolute atomic E-state index is 12.3. The van der Waals surface area contributed by atoms with Crippen LogP contribution < -0.4 is 5.43 Å². The molecule has 8 nitrogen and oxygen atoms in total. The molecule has 2 fully saturated rings. The van der Waals surface area contributed by atoms with Gasteiger partial charge in [0.05, 0.1) is 0 Å². The van der Waals surface area contributed by atoms with Gasteiger partial charge in [0.15, 0.2) is 5.82 Å². The van der Waals surface area contributed by atoms with Gasteiger partial charge in [-0.15, -0.1) is 5.10 Å². The van der Waals surface area contributed by atoms with Gasteiger partial charge in [0, 0.05) is 49.4 Å². The van der Waals surface area contributed by atoms with Gasteiger partial charge in [-0.05, 0) is 38.8 Å². The Kier molecular flexibility index (Phi) is 5.19. The second-order valence-electron chi connectivity index (χ2n) is 7.99. The number of nitrogens with zero attached hydrogens (tertiary/aromatic N) is 4. The number of carbonyl (C=O) groups is 2. The first-order valence-corrected chi connectivity index (χ1v) is 9.79. The fraction of sp³-hybridized carbons (Fsp3) is 0.429. The van der Waals surface area contributed by atoms with E-state index in [2.05, 4.69) is 21.6 Å². The number of nitrogens with one attached hydrogen (secondary N) is 1. The van der Waals surface area contributed by atoms with Crippen molar-refractivity contribution < 1.29 is 14.3 Å². The average molecular weight is 395 g/mol. The Morgan fingerprint density at radius 3 is 2.66 bits per heavy atom. The van der Waals surface area contributed by atoms with E-state index >= 15 is 0 Å². The molecule has 1 N–H and O–H groups in total. The van der Waals surface area contributed by atoms with Crippen LogP contribution in [0, 0.1) is 19.3 Å². The summed E-state index contributed by atoms with van der Waals surface area (Å²) in [5.41, 5.74) is 5.83. The Morgan fingerprint density at radius 2 is 1.93 bits per heavy atom. The number of benzene rings is 1. The lowest BCUT2D eigenvalue weighted by molar-refractivity contribution is -0.136. The van der Waals surface area contributed by atoms with E-state index in [1.54, 1.807) is 6.33 Å². The van der Waals surface area contributed by atoms with Gasteiger partial charge in [0.25, 0.3) is 5.91 Å². The van der Waals surface area contributed by atoms with Crippen molar-refractivity contribution >= 4 is 18.0 Å². The lowest BCUT2D eigenvalue weighted by Crippen LogP contribution is -2.44. The zero-order chi connectivity index (χ0) is 20.4. The second kappa shape index (κ2) is 7.79. The number of hydrogen-bond donors (Lipinski definition) is 1. The highest BCUT2D eigenvalue weighted by atomic mass is 16.5. The summed E-state index contributed by atoms with van der Waals surface area (Å²) in [5.74, 6) is 0.176. The van der Waals surface area contributed by atoms with E-state index in [1.807, 2.05) is 26.0 Å². The molecule has 1 spiro atoms. The topological polar surface area (TPSA) is 89.4 Å². The van der Waals surface area contributed by atoms with Crippen LogP contribution in [0.5, 0.6) is 0 Å². The molecule has 1 aromatic heterocycles. The normalized spacial score (nSPS) is 18.7. The summed E-state index contributed by atoms with van der Waals surface area (Å²) in [5, 5.41) is 5.82. The number of carbonyl (C=O) groups excluding carboxylic acids is 2. The number of hydrazine groups is 1. The zero-order valence-corrected chi connectivity index (χ0v) is 16.7. The van der Waals surface area contributed by atoms with Crippen LogP contribution in [0.3, 0.4) is 0 Å². The van der Waals surface area contributed by atoms with E-state index in [0.717, 1.165) is 29.5 Å². The molecular weight excluding hydrogens is 370 g/mol. The number of aryl methyl sites for hydroxylation is 2. The minimum absolute atomic E-state index is 0.0495. The molecule has 0 atom stereocenters. The minimum Gasteiger partial charge on any atom is -0.381 e.